The average Bonchev–Trinajstić information content (AvgIpc) is 2.50. The molecule has 0 atom stereocenters. The van der Waals surface area contributed by atoms with Gasteiger partial charge < -0.3 is 5.32 Å². The van der Waals surface area contributed by atoms with Crippen LogP contribution in [0.3, 0.4) is 0 Å². The van der Waals surface area contributed by atoms with Crippen molar-refractivity contribution in [2.75, 3.05) is 5.32 Å². The summed E-state index contributed by atoms with van der Waals surface area (Å²) in [6, 6.07) is 22.4. The van der Waals surface area contributed by atoms with Gasteiger partial charge in [-0.05, 0) is 40.6 Å². The molecule has 0 heterocycles. The number of nitrogens with one attached hydrogen (secondary N) is 1. The third-order valence-electron chi connectivity index (χ3n) is 3.45. The fourth-order valence-electron chi connectivity index (χ4n) is 2.46. The minimum absolute atomic E-state index is 0.736. The van der Waals surface area contributed by atoms with Crippen molar-refractivity contribution in [3.05, 3.63) is 89.6 Å². The Balaban J connectivity index is 1.79. The molecule has 0 aromatic heterocycles. The highest BCUT2D eigenvalue weighted by molar-refractivity contribution is 6.30. The second-order valence-electron chi connectivity index (χ2n) is 5.05. The molecule has 0 aliphatic rings. The van der Waals surface area contributed by atoms with Gasteiger partial charge in [0.15, 0.2) is 0 Å². The molecule has 3 aromatic carbocycles. The lowest BCUT2D eigenvalue weighted by molar-refractivity contribution is 1.18. The molecular weight excluding hydrogens is 278 g/mol. The van der Waals surface area contributed by atoms with E-state index in [1.807, 2.05) is 24.3 Å². The third kappa shape index (κ3) is 3.26. The molecule has 1 nitrogen and oxygen atoms in total. The molecule has 0 unspecified atom stereocenters. The molecule has 0 spiro atoms. The minimum atomic E-state index is 0.736. The van der Waals surface area contributed by atoms with Crippen LogP contribution in [0.5, 0.6) is 0 Å². The van der Waals surface area contributed by atoms with Crippen molar-refractivity contribution >= 4 is 28.1 Å². The Morgan fingerprint density at radius 2 is 1.62 bits per heavy atom. The van der Waals surface area contributed by atoms with Crippen molar-refractivity contribution in [2.24, 2.45) is 0 Å². The summed E-state index contributed by atoms with van der Waals surface area (Å²) in [5, 5.41) is 6.60. The van der Waals surface area contributed by atoms with E-state index < -0.39 is 0 Å². The molecule has 0 saturated carbocycles. The zero-order valence-electron chi connectivity index (χ0n) is 11.6. The first-order chi connectivity index (χ1) is 10.2. The van der Waals surface area contributed by atoms with Gasteiger partial charge in [0.2, 0.25) is 0 Å². The SMILES string of the molecule is C=C(Cc1cccc2ccccc12)Nc1ccc(Cl)cc1. The van der Waals surface area contributed by atoms with Gasteiger partial charge in [0.25, 0.3) is 0 Å². The Labute approximate surface area is 129 Å². The van der Waals surface area contributed by atoms with E-state index in [1.165, 1.54) is 16.3 Å². The fraction of sp³-hybridized carbons (Fsp3) is 0.0526. The van der Waals surface area contributed by atoms with Crippen LogP contribution in [0.4, 0.5) is 5.69 Å². The van der Waals surface area contributed by atoms with Gasteiger partial charge in [-0.25, -0.2) is 0 Å². The van der Waals surface area contributed by atoms with Gasteiger partial charge in [-0.3, -0.25) is 0 Å². The van der Waals surface area contributed by atoms with Crippen LogP contribution in [0.1, 0.15) is 5.56 Å². The van der Waals surface area contributed by atoms with Crippen molar-refractivity contribution in [2.45, 2.75) is 6.42 Å². The summed E-state index contributed by atoms with van der Waals surface area (Å²) in [4.78, 5) is 0. The summed E-state index contributed by atoms with van der Waals surface area (Å²) >= 11 is 5.89. The number of halogens is 1. The van der Waals surface area contributed by atoms with Crippen LogP contribution in [0.15, 0.2) is 79.0 Å². The monoisotopic (exact) mass is 293 g/mol. The van der Waals surface area contributed by atoms with Crippen LogP contribution in [-0.2, 0) is 6.42 Å². The summed E-state index contributed by atoms with van der Waals surface area (Å²) in [5.41, 5.74) is 3.25. The molecule has 0 fully saturated rings. The molecule has 104 valence electrons. The smallest absolute Gasteiger partial charge is 0.0407 e. The lowest BCUT2D eigenvalue weighted by atomic mass is 10.0. The number of benzene rings is 3. The highest BCUT2D eigenvalue weighted by atomic mass is 35.5. The fourth-order valence-corrected chi connectivity index (χ4v) is 2.58. The Hall–Kier alpha value is -2.25. The molecule has 0 aliphatic heterocycles. The van der Waals surface area contributed by atoms with Crippen molar-refractivity contribution in [3.63, 3.8) is 0 Å². The van der Waals surface area contributed by atoms with E-state index in [0.29, 0.717) is 0 Å². The summed E-state index contributed by atoms with van der Waals surface area (Å²) in [7, 11) is 0. The highest BCUT2D eigenvalue weighted by Gasteiger charge is 2.03. The first kappa shape index (κ1) is 13.7. The predicted octanol–water partition coefficient (Wildman–Crippen LogP) is 5.66. The molecule has 21 heavy (non-hydrogen) atoms. The molecule has 2 heteroatoms. The lowest BCUT2D eigenvalue weighted by Gasteiger charge is -2.11. The summed E-state index contributed by atoms with van der Waals surface area (Å²) in [6.07, 6.45) is 0.796. The van der Waals surface area contributed by atoms with Crippen LogP contribution in [0.2, 0.25) is 5.02 Å². The molecule has 0 saturated heterocycles. The molecule has 3 rings (SSSR count). The molecule has 0 radical (unpaired) electrons. The molecule has 0 bridgehead atoms. The first-order valence-electron chi connectivity index (χ1n) is 6.89. The van der Waals surface area contributed by atoms with Gasteiger partial charge in [-0.1, -0.05) is 60.6 Å². The standard InChI is InChI=1S/C19H16ClN/c1-14(21-18-11-9-17(20)10-12-18)13-16-7-4-6-15-5-2-3-8-19(15)16/h2-12,21H,1,13H2. The topological polar surface area (TPSA) is 12.0 Å². The van der Waals surface area contributed by atoms with E-state index in [-0.39, 0.29) is 0 Å². The number of allylic oxidation sites excluding steroid dienone is 1. The third-order valence-corrected chi connectivity index (χ3v) is 3.70. The van der Waals surface area contributed by atoms with Crippen LogP contribution in [-0.4, -0.2) is 0 Å². The quantitative estimate of drug-likeness (QED) is 0.654. The van der Waals surface area contributed by atoms with E-state index >= 15 is 0 Å². The van der Waals surface area contributed by atoms with Crippen molar-refractivity contribution < 1.29 is 0 Å². The second kappa shape index (κ2) is 6.02. The summed E-state index contributed by atoms with van der Waals surface area (Å²) < 4.78 is 0. The molecule has 0 amide bonds. The number of rotatable bonds is 4. The summed E-state index contributed by atoms with van der Waals surface area (Å²) in [6.45, 7) is 4.13. The van der Waals surface area contributed by atoms with Crippen LogP contribution in [0, 0.1) is 0 Å². The van der Waals surface area contributed by atoms with E-state index in [0.717, 1.165) is 22.8 Å². The van der Waals surface area contributed by atoms with Crippen LogP contribution in [0.25, 0.3) is 10.8 Å². The highest BCUT2D eigenvalue weighted by Crippen LogP contribution is 2.22. The first-order valence-corrected chi connectivity index (χ1v) is 7.27. The number of anilines is 1. The van der Waals surface area contributed by atoms with E-state index in [2.05, 4.69) is 54.4 Å². The van der Waals surface area contributed by atoms with Crippen LogP contribution < -0.4 is 5.32 Å². The van der Waals surface area contributed by atoms with E-state index in [4.69, 9.17) is 11.6 Å². The maximum Gasteiger partial charge on any atom is 0.0407 e. The van der Waals surface area contributed by atoms with Crippen LogP contribution >= 0.6 is 11.6 Å². The van der Waals surface area contributed by atoms with Crippen molar-refractivity contribution in [1.29, 1.82) is 0 Å². The lowest BCUT2D eigenvalue weighted by Crippen LogP contribution is -2.01. The normalized spacial score (nSPS) is 10.5. The molecular formula is C19H16ClN. The van der Waals surface area contributed by atoms with Gasteiger partial charge >= 0.3 is 0 Å². The van der Waals surface area contributed by atoms with E-state index in [1.54, 1.807) is 0 Å². The molecule has 1 N–H and O–H groups in total. The molecule has 3 aromatic rings. The maximum absolute atomic E-state index is 5.89. The van der Waals surface area contributed by atoms with Gasteiger partial charge in [-0.15, -0.1) is 0 Å². The maximum atomic E-state index is 5.89. The largest absolute Gasteiger partial charge is 0.359 e. The Bertz CT molecular complexity index is 770. The van der Waals surface area contributed by atoms with Gasteiger partial charge in [-0.2, -0.15) is 0 Å². The summed E-state index contributed by atoms with van der Waals surface area (Å²) in [5.74, 6) is 0. The molecule has 0 aliphatic carbocycles. The minimum Gasteiger partial charge on any atom is -0.359 e. The van der Waals surface area contributed by atoms with E-state index in [9.17, 15) is 0 Å². The van der Waals surface area contributed by atoms with Crippen molar-refractivity contribution in [1.82, 2.24) is 0 Å². The average molecular weight is 294 g/mol. The van der Waals surface area contributed by atoms with Gasteiger partial charge in [0, 0.05) is 22.8 Å². The number of hydrogen-bond acceptors (Lipinski definition) is 1. The predicted molar refractivity (Wildman–Crippen MR) is 91.9 cm³/mol. The Morgan fingerprint density at radius 1 is 0.905 bits per heavy atom. The zero-order chi connectivity index (χ0) is 14.7. The van der Waals surface area contributed by atoms with Gasteiger partial charge in [0.1, 0.15) is 0 Å². The number of hydrogen-bond donors (Lipinski definition) is 1. The zero-order valence-corrected chi connectivity index (χ0v) is 12.4. The Kier molecular flexibility index (Phi) is 3.94. The van der Waals surface area contributed by atoms with Crippen molar-refractivity contribution in [3.8, 4) is 0 Å². The Morgan fingerprint density at radius 3 is 2.43 bits per heavy atom. The van der Waals surface area contributed by atoms with Gasteiger partial charge in [0.05, 0.1) is 0 Å². The second-order valence-corrected chi connectivity index (χ2v) is 5.49. The number of fused-ring (bicyclic) bond motifs is 1.